The van der Waals surface area contributed by atoms with Crippen LogP contribution in [-0.4, -0.2) is 25.9 Å². The molecule has 2 aromatic rings. The molecule has 0 fully saturated rings. The zero-order valence-electron chi connectivity index (χ0n) is 13.4. The maximum absolute atomic E-state index is 12.2. The molecule has 0 spiro atoms. The lowest BCUT2D eigenvalue weighted by molar-refractivity contribution is 0.0939. The molecule has 1 amide bonds. The van der Waals surface area contributed by atoms with Crippen molar-refractivity contribution < 1.29 is 17.9 Å². The highest BCUT2D eigenvalue weighted by Crippen LogP contribution is 2.16. The molecule has 0 bridgehead atoms. The van der Waals surface area contributed by atoms with Crippen LogP contribution in [0.25, 0.3) is 0 Å². The molecule has 0 radical (unpaired) electrons. The highest BCUT2D eigenvalue weighted by molar-refractivity contribution is 7.89. The first kappa shape index (κ1) is 17.9. The average Bonchev–Trinajstić information content (AvgIpc) is 2.55. The van der Waals surface area contributed by atoms with Crippen LogP contribution >= 0.6 is 0 Å². The van der Waals surface area contributed by atoms with Crippen molar-refractivity contribution in [1.29, 1.82) is 0 Å². The van der Waals surface area contributed by atoms with Gasteiger partial charge in [-0.2, -0.15) is 0 Å². The van der Waals surface area contributed by atoms with Crippen LogP contribution in [0.1, 0.15) is 35.8 Å². The second-order valence-electron chi connectivity index (χ2n) is 5.13. The fraction of sp³-hybridized carbons (Fsp3) is 0.250. The van der Waals surface area contributed by atoms with Gasteiger partial charge in [0.25, 0.3) is 5.91 Å². The van der Waals surface area contributed by atoms with Gasteiger partial charge in [0.1, 0.15) is 0 Å². The first-order valence-electron chi connectivity index (χ1n) is 7.33. The summed E-state index contributed by atoms with van der Waals surface area (Å²) < 4.78 is 27.7. The van der Waals surface area contributed by atoms with Gasteiger partial charge in [-0.1, -0.05) is 12.1 Å². The van der Waals surface area contributed by atoms with Crippen molar-refractivity contribution in [2.45, 2.75) is 24.8 Å². The number of benzene rings is 1. The fourth-order valence-corrected chi connectivity index (χ4v) is 2.57. The Morgan fingerprint density at radius 2 is 1.92 bits per heavy atom. The van der Waals surface area contributed by atoms with Gasteiger partial charge in [0.15, 0.2) is 0 Å². The summed E-state index contributed by atoms with van der Waals surface area (Å²) in [6, 6.07) is 8.99. The van der Waals surface area contributed by atoms with Gasteiger partial charge in [0, 0.05) is 12.3 Å². The van der Waals surface area contributed by atoms with Crippen molar-refractivity contribution in [3.8, 4) is 5.88 Å². The topological polar surface area (TPSA) is 111 Å². The number of nitrogens with zero attached hydrogens (tertiary/aromatic N) is 1. The molecule has 1 aromatic heterocycles. The summed E-state index contributed by atoms with van der Waals surface area (Å²) in [6.45, 7) is 4.15. The Bertz CT molecular complexity index is 802. The van der Waals surface area contributed by atoms with Crippen LogP contribution in [0.2, 0.25) is 0 Å². The monoisotopic (exact) mass is 349 g/mol. The molecule has 8 heteroatoms. The largest absolute Gasteiger partial charge is 0.478 e. The van der Waals surface area contributed by atoms with Crippen molar-refractivity contribution in [2.75, 3.05) is 6.61 Å². The number of nitrogens with two attached hydrogens (primary N) is 1. The minimum absolute atomic E-state index is 0.0282. The standard InChI is InChI=1S/C16H19N3O4S/c1-3-23-15-9-6-13(10-18-15)16(20)19-11(2)12-4-7-14(8-5-12)24(17,21)22/h4-11H,3H2,1-2H3,(H,19,20)(H2,17,21,22). The van der Waals surface area contributed by atoms with Crippen molar-refractivity contribution in [3.05, 3.63) is 53.7 Å². The molecule has 0 aliphatic carbocycles. The maximum Gasteiger partial charge on any atom is 0.253 e. The van der Waals surface area contributed by atoms with Gasteiger partial charge < -0.3 is 10.1 Å². The van der Waals surface area contributed by atoms with Crippen LogP contribution in [0.15, 0.2) is 47.5 Å². The van der Waals surface area contributed by atoms with Gasteiger partial charge in [-0.3, -0.25) is 4.79 Å². The number of sulfonamides is 1. The number of pyridine rings is 1. The fourth-order valence-electron chi connectivity index (χ4n) is 2.06. The minimum Gasteiger partial charge on any atom is -0.478 e. The van der Waals surface area contributed by atoms with E-state index in [-0.39, 0.29) is 16.8 Å². The van der Waals surface area contributed by atoms with Crippen LogP contribution in [0, 0.1) is 0 Å². The van der Waals surface area contributed by atoms with E-state index in [0.717, 1.165) is 5.56 Å². The number of hydrogen-bond acceptors (Lipinski definition) is 5. The Kier molecular flexibility index (Phi) is 5.53. The lowest BCUT2D eigenvalue weighted by Gasteiger charge is -2.15. The smallest absolute Gasteiger partial charge is 0.253 e. The third kappa shape index (κ3) is 4.53. The third-order valence-electron chi connectivity index (χ3n) is 3.35. The van der Waals surface area contributed by atoms with Gasteiger partial charge in [0.2, 0.25) is 15.9 Å². The van der Waals surface area contributed by atoms with E-state index in [1.54, 1.807) is 31.2 Å². The summed E-state index contributed by atoms with van der Waals surface area (Å²) in [6.07, 6.45) is 1.44. The third-order valence-corrected chi connectivity index (χ3v) is 4.28. The number of nitrogens with one attached hydrogen (secondary N) is 1. The molecular formula is C16H19N3O4S. The minimum atomic E-state index is -3.73. The zero-order chi connectivity index (χ0) is 17.7. The van der Waals surface area contributed by atoms with Crippen molar-refractivity contribution >= 4 is 15.9 Å². The number of amides is 1. The second-order valence-corrected chi connectivity index (χ2v) is 6.69. The molecule has 1 atom stereocenters. The lowest BCUT2D eigenvalue weighted by atomic mass is 10.1. The summed E-state index contributed by atoms with van der Waals surface area (Å²) in [5.41, 5.74) is 1.17. The molecule has 1 unspecified atom stereocenters. The highest BCUT2D eigenvalue weighted by Gasteiger charge is 2.13. The Morgan fingerprint density at radius 1 is 1.25 bits per heavy atom. The number of hydrogen-bond donors (Lipinski definition) is 2. The predicted molar refractivity (Wildman–Crippen MR) is 89.1 cm³/mol. The maximum atomic E-state index is 12.2. The van der Waals surface area contributed by atoms with Crippen LogP contribution in [-0.2, 0) is 10.0 Å². The highest BCUT2D eigenvalue weighted by atomic mass is 32.2. The van der Waals surface area contributed by atoms with E-state index < -0.39 is 10.0 Å². The van der Waals surface area contributed by atoms with E-state index in [2.05, 4.69) is 10.3 Å². The van der Waals surface area contributed by atoms with Crippen LogP contribution in [0.4, 0.5) is 0 Å². The van der Waals surface area contributed by atoms with E-state index in [0.29, 0.717) is 18.1 Å². The first-order chi connectivity index (χ1) is 11.3. The molecule has 24 heavy (non-hydrogen) atoms. The molecule has 3 N–H and O–H groups in total. The van der Waals surface area contributed by atoms with Crippen molar-refractivity contribution in [3.63, 3.8) is 0 Å². The summed E-state index contributed by atoms with van der Waals surface area (Å²) >= 11 is 0. The summed E-state index contributed by atoms with van der Waals surface area (Å²) in [5.74, 6) is 0.175. The molecular weight excluding hydrogens is 330 g/mol. The number of carbonyl (C=O) groups excluding carboxylic acids is 1. The van der Waals surface area contributed by atoms with Crippen LogP contribution in [0.3, 0.4) is 0 Å². The van der Waals surface area contributed by atoms with Crippen LogP contribution < -0.4 is 15.2 Å². The molecule has 7 nitrogen and oxygen atoms in total. The normalized spacial score (nSPS) is 12.5. The molecule has 2 rings (SSSR count). The van der Waals surface area contributed by atoms with Gasteiger partial charge in [-0.15, -0.1) is 0 Å². The van der Waals surface area contributed by atoms with E-state index >= 15 is 0 Å². The number of primary sulfonamides is 1. The number of ether oxygens (including phenoxy) is 1. The van der Waals surface area contributed by atoms with E-state index in [4.69, 9.17) is 9.88 Å². The van der Waals surface area contributed by atoms with E-state index in [1.807, 2.05) is 6.92 Å². The molecule has 128 valence electrons. The van der Waals surface area contributed by atoms with Gasteiger partial charge >= 0.3 is 0 Å². The molecule has 1 aromatic carbocycles. The Balaban J connectivity index is 2.05. The molecule has 0 saturated heterocycles. The Hall–Kier alpha value is -2.45. The number of rotatable bonds is 6. The molecule has 0 saturated carbocycles. The number of aromatic nitrogens is 1. The Morgan fingerprint density at radius 3 is 2.42 bits per heavy atom. The summed E-state index contributed by atoms with van der Waals surface area (Å²) in [7, 11) is -3.73. The summed E-state index contributed by atoms with van der Waals surface area (Å²) in [4.78, 5) is 16.3. The Labute approximate surface area is 140 Å². The number of carbonyl (C=O) groups is 1. The van der Waals surface area contributed by atoms with Gasteiger partial charge in [-0.25, -0.2) is 18.5 Å². The van der Waals surface area contributed by atoms with E-state index in [1.165, 1.54) is 18.3 Å². The lowest BCUT2D eigenvalue weighted by Crippen LogP contribution is -2.26. The second kappa shape index (κ2) is 7.41. The van der Waals surface area contributed by atoms with Gasteiger partial charge in [0.05, 0.1) is 23.1 Å². The van der Waals surface area contributed by atoms with Crippen LogP contribution in [0.5, 0.6) is 5.88 Å². The SMILES string of the molecule is CCOc1ccc(C(=O)NC(C)c2ccc(S(N)(=O)=O)cc2)cn1. The molecule has 1 heterocycles. The quantitative estimate of drug-likeness (QED) is 0.823. The molecule has 0 aliphatic heterocycles. The van der Waals surface area contributed by atoms with Crippen molar-refractivity contribution in [1.82, 2.24) is 10.3 Å². The van der Waals surface area contributed by atoms with E-state index in [9.17, 15) is 13.2 Å². The van der Waals surface area contributed by atoms with Gasteiger partial charge in [-0.05, 0) is 37.6 Å². The molecule has 0 aliphatic rings. The predicted octanol–water partition coefficient (Wildman–Crippen LogP) is 1.62. The first-order valence-corrected chi connectivity index (χ1v) is 8.88. The average molecular weight is 349 g/mol. The summed E-state index contributed by atoms with van der Waals surface area (Å²) in [5, 5.41) is 7.88. The van der Waals surface area contributed by atoms with Crippen molar-refractivity contribution in [2.24, 2.45) is 5.14 Å². The zero-order valence-corrected chi connectivity index (χ0v) is 14.2.